The van der Waals surface area contributed by atoms with E-state index in [4.69, 9.17) is 4.74 Å². The lowest BCUT2D eigenvalue weighted by Crippen LogP contribution is -2.48. The Morgan fingerprint density at radius 2 is 1.76 bits per heavy atom. The van der Waals surface area contributed by atoms with Gasteiger partial charge in [-0.1, -0.05) is 24.6 Å². The van der Waals surface area contributed by atoms with Crippen molar-refractivity contribution in [1.82, 2.24) is 4.90 Å². The third kappa shape index (κ3) is 4.21. The number of benzene rings is 1. The molecule has 0 amide bonds. The first-order chi connectivity index (χ1) is 9.99. The smallest absolute Gasteiger partial charge is 0.125 e. The summed E-state index contributed by atoms with van der Waals surface area (Å²) in [6.07, 6.45) is 3.32. The quantitative estimate of drug-likeness (QED) is 0.903. The molecule has 0 bridgehead atoms. The van der Waals surface area contributed by atoms with Crippen molar-refractivity contribution in [3.8, 4) is 5.75 Å². The van der Waals surface area contributed by atoms with E-state index >= 15 is 0 Å². The van der Waals surface area contributed by atoms with Crippen LogP contribution in [0.2, 0.25) is 0 Å². The van der Waals surface area contributed by atoms with Crippen molar-refractivity contribution >= 4 is 0 Å². The molecule has 2 rings (SSSR count). The Kier molecular flexibility index (Phi) is 5.65. The van der Waals surface area contributed by atoms with Gasteiger partial charge in [0.1, 0.15) is 18.5 Å². The molecule has 21 heavy (non-hydrogen) atoms. The first-order valence-corrected chi connectivity index (χ1v) is 8.12. The highest BCUT2D eigenvalue weighted by atomic mass is 16.5. The second kappa shape index (κ2) is 7.28. The number of aliphatic hydroxyl groups is 1. The van der Waals surface area contributed by atoms with Crippen molar-refractivity contribution in [3.63, 3.8) is 0 Å². The highest BCUT2D eigenvalue weighted by molar-refractivity contribution is 5.39. The highest BCUT2D eigenvalue weighted by Crippen LogP contribution is 2.24. The van der Waals surface area contributed by atoms with Crippen LogP contribution in [-0.2, 0) is 0 Å². The van der Waals surface area contributed by atoms with Crippen LogP contribution in [0.25, 0.3) is 0 Å². The minimum atomic E-state index is -0.438. The average Bonchev–Trinajstić information content (AvgIpc) is 2.42. The number of hydrogen-bond donors (Lipinski definition) is 1. The summed E-state index contributed by atoms with van der Waals surface area (Å²) < 4.78 is 5.86. The predicted molar refractivity (Wildman–Crippen MR) is 86.9 cm³/mol. The molecule has 0 saturated carbocycles. The Morgan fingerprint density at radius 1 is 1.19 bits per heavy atom. The van der Waals surface area contributed by atoms with E-state index in [0.29, 0.717) is 25.2 Å². The molecule has 1 aliphatic heterocycles. The number of ether oxygens (including phenoxy) is 1. The van der Waals surface area contributed by atoms with Crippen LogP contribution in [0.3, 0.4) is 0 Å². The molecule has 1 saturated heterocycles. The van der Waals surface area contributed by atoms with Crippen LogP contribution in [0.15, 0.2) is 18.2 Å². The Balaban J connectivity index is 1.88. The zero-order valence-electron chi connectivity index (χ0n) is 13.8. The lowest BCUT2D eigenvalue weighted by molar-refractivity contribution is 0.0206. The fraction of sp³-hybridized carbons (Fsp3) is 0.667. The van der Waals surface area contributed by atoms with Gasteiger partial charge in [-0.15, -0.1) is 0 Å². The SMILES string of the molecule is Cc1cccc(C)c1OC[C@@H](O)CN1[C@H](C)CCC[C@@H]1C. The largest absolute Gasteiger partial charge is 0.490 e. The number of likely N-dealkylation sites (tertiary alicyclic amines) is 1. The van der Waals surface area contributed by atoms with Crippen LogP contribution in [0.4, 0.5) is 0 Å². The van der Waals surface area contributed by atoms with Crippen LogP contribution >= 0.6 is 0 Å². The van der Waals surface area contributed by atoms with Crippen molar-refractivity contribution in [2.45, 2.75) is 65.1 Å². The summed E-state index contributed by atoms with van der Waals surface area (Å²) in [6, 6.07) is 7.24. The van der Waals surface area contributed by atoms with Crippen LogP contribution in [0.5, 0.6) is 5.75 Å². The molecular weight excluding hydrogens is 262 g/mol. The van der Waals surface area contributed by atoms with Gasteiger partial charge in [-0.05, 0) is 51.7 Å². The number of aliphatic hydroxyl groups excluding tert-OH is 1. The van der Waals surface area contributed by atoms with E-state index in [-0.39, 0.29) is 0 Å². The van der Waals surface area contributed by atoms with E-state index in [0.717, 1.165) is 16.9 Å². The van der Waals surface area contributed by atoms with Gasteiger partial charge < -0.3 is 9.84 Å². The molecule has 3 nitrogen and oxygen atoms in total. The van der Waals surface area contributed by atoms with Gasteiger partial charge in [0.15, 0.2) is 0 Å². The van der Waals surface area contributed by atoms with Gasteiger partial charge in [-0.25, -0.2) is 0 Å². The zero-order chi connectivity index (χ0) is 15.4. The molecule has 118 valence electrons. The molecule has 1 heterocycles. The Morgan fingerprint density at radius 3 is 2.33 bits per heavy atom. The highest BCUT2D eigenvalue weighted by Gasteiger charge is 2.26. The lowest BCUT2D eigenvalue weighted by atomic mass is 9.97. The number of rotatable bonds is 5. The zero-order valence-corrected chi connectivity index (χ0v) is 13.8. The van der Waals surface area contributed by atoms with Crippen molar-refractivity contribution in [2.24, 2.45) is 0 Å². The fourth-order valence-corrected chi connectivity index (χ4v) is 3.34. The number of β-amino-alcohol motifs (C(OH)–C–C–N with tert-alkyl or cyclic N) is 1. The second-order valence-electron chi connectivity index (χ2n) is 6.51. The Labute approximate surface area is 128 Å². The fourth-order valence-electron chi connectivity index (χ4n) is 3.34. The lowest BCUT2D eigenvalue weighted by Gasteiger charge is -2.40. The normalized spacial score (nSPS) is 24.8. The number of piperidine rings is 1. The first-order valence-electron chi connectivity index (χ1n) is 8.12. The van der Waals surface area contributed by atoms with E-state index < -0.39 is 6.10 Å². The second-order valence-corrected chi connectivity index (χ2v) is 6.51. The van der Waals surface area contributed by atoms with Crippen LogP contribution in [0, 0.1) is 13.8 Å². The molecule has 1 aliphatic rings. The summed E-state index contributed by atoms with van der Waals surface area (Å²) in [7, 11) is 0. The van der Waals surface area contributed by atoms with Crippen LogP contribution < -0.4 is 4.74 Å². The maximum absolute atomic E-state index is 10.3. The van der Waals surface area contributed by atoms with Gasteiger partial charge in [0.05, 0.1) is 0 Å². The summed E-state index contributed by atoms with van der Waals surface area (Å²) in [5.41, 5.74) is 2.25. The summed E-state index contributed by atoms with van der Waals surface area (Å²) in [5.74, 6) is 0.913. The van der Waals surface area contributed by atoms with Gasteiger partial charge in [-0.2, -0.15) is 0 Å². The molecule has 3 atom stereocenters. The van der Waals surface area contributed by atoms with Gasteiger partial charge in [-0.3, -0.25) is 4.90 Å². The van der Waals surface area contributed by atoms with Gasteiger partial charge in [0.25, 0.3) is 0 Å². The van der Waals surface area contributed by atoms with E-state index in [1.54, 1.807) is 0 Å². The van der Waals surface area contributed by atoms with Gasteiger partial charge in [0.2, 0.25) is 0 Å². The van der Waals surface area contributed by atoms with Gasteiger partial charge >= 0.3 is 0 Å². The topological polar surface area (TPSA) is 32.7 Å². The molecule has 3 heteroatoms. The number of para-hydroxylation sites is 1. The molecule has 0 spiro atoms. The minimum absolute atomic E-state index is 0.363. The van der Waals surface area contributed by atoms with E-state index in [1.807, 2.05) is 32.0 Å². The third-order valence-electron chi connectivity index (χ3n) is 4.63. The summed E-state index contributed by atoms with van der Waals surface area (Å²) in [5, 5.41) is 10.3. The number of hydrogen-bond acceptors (Lipinski definition) is 3. The van der Waals surface area contributed by atoms with Crippen molar-refractivity contribution < 1.29 is 9.84 Å². The molecule has 1 N–H and O–H groups in total. The van der Waals surface area contributed by atoms with Crippen LogP contribution in [-0.4, -0.2) is 41.3 Å². The van der Waals surface area contributed by atoms with E-state index in [2.05, 4.69) is 18.7 Å². The number of nitrogens with zero attached hydrogens (tertiary/aromatic N) is 1. The van der Waals surface area contributed by atoms with Crippen molar-refractivity contribution in [2.75, 3.05) is 13.2 Å². The maximum Gasteiger partial charge on any atom is 0.125 e. The molecule has 0 aromatic heterocycles. The van der Waals surface area contributed by atoms with Crippen molar-refractivity contribution in [1.29, 1.82) is 0 Å². The molecule has 1 aromatic rings. The summed E-state index contributed by atoms with van der Waals surface area (Å²) in [6.45, 7) is 9.67. The standard InChI is InChI=1S/C18H29NO2/c1-13-7-5-8-14(2)18(13)21-12-17(20)11-19-15(3)9-6-10-16(19)4/h5,7-8,15-17,20H,6,9-12H2,1-4H3/t15-,16+,17-/m0/s1. The first kappa shape index (κ1) is 16.3. The summed E-state index contributed by atoms with van der Waals surface area (Å²) in [4.78, 5) is 2.42. The Bertz CT molecular complexity index is 430. The minimum Gasteiger partial charge on any atom is -0.490 e. The molecule has 0 radical (unpaired) electrons. The average molecular weight is 291 g/mol. The maximum atomic E-state index is 10.3. The molecule has 1 aromatic carbocycles. The molecule has 1 fully saturated rings. The number of aryl methyl sites for hydroxylation is 2. The summed E-state index contributed by atoms with van der Waals surface area (Å²) >= 11 is 0. The predicted octanol–water partition coefficient (Wildman–Crippen LogP) is 3.31. The molecule has 0 aliphatic carbocycles. The van der Waals surface area contributed by atoms with E-state index in [1.165, 1.54) is 19.3 Å². The molecular formula is C18H29NO2. The third-order valence-corrected chi connectivity index (χ3v) is 4.63. The molecule has 0 unspecified atom stereocenters. The van der Waals surface area contributed by atoms with Gasteiger partial charge in [0, 0.05) is 18.6 Å². The van der Waals surface area contributed by atoms with Crippen LogP contribution in [0.1, 0.15) is 44.2 Å². The Hall–Kier alpha value is -1.06. The monoisotopic (exact) mass is 291 g/mol. The van der Waals surface area contributed by atoms with E-state index in [9.17, 15) is 5.11 Å². The van der Waals surface area contributed by atoms with Crippen molar-refractivity contribution in [3.05, 3.63) is 29.3 Å².